The average Bonchev–Trinajstić information content (AvgIpc) is 2.78. The maximum Gasteiger partial charge on any atom is 0.254 e. The lowest BCUT2D eigenvalue weighted by Gasteiger charge is -2.40. The molecular weight excluding hydrogens is 382 g/mol. The van der Waals surface area contributed by atoms with Gasteiger partial charge in [0.15, 0.2) is 11.6 Å². The molecule has 3 nitrogen and oxygen atoms in total. The molecule has 4 rings (SSSR count). The van der Waals surface area contributed by atoms with Crippen LogP contribution in [0.3, 0.4) is 0 Å². The van der Waals surface area contributed by atoms with Crippen molar-refractivity contribution in [2.75, 3.05) is 26.2 Å². The van der Waals surface area contributed by atoms with Gasteiger partial charge >= 0.3 is 0 Å². The van der Waals surface area contributed by atoms with Gasteiger partial charge in [-0.3, -0.25) is 9.69 Å². The van der Waals surface area contributed by atoms with Gasteiger partial charge in [-0.2, -0.15) is 0 Å². The Hall–Kier alpha value is -3.05. The molecule has 0 saturated carbocycles. The van der Waals surface area contributed by atoms with E-state index in [9.17, 15) is 13.6 Å². The number of hydrogen-bond donors (Lipinski definition) is 0. The van der Waals surface area contributed by atoms with Gasteiger partial charge < -0.3 is 4.90 Å². The number of benzene rings is 3. The summed E-state index contributed by atoms with van der Waals surface area (Å²) in [4.78, 5) is 16.8. The van der Waals surface area contributed by atoms with E-state index < -0.39 is 11.6 Å². The van der Waals surface area contributed by atoms with Crippen molar-refractivity contribution in [3.05, 3.63) is 107 Å². The lowest BCUT2D eigenvalue weighted by molar-refractivity contribution is 0.0597. The normalized spacial score (nSPS) is 15.8. The minimum atomic E-state index is -0.997. The second kappa shape index (κ2) is 8.76. The summed E-state index contributed by atoms with van der Waals surface area (Å²) < 4.78 is 26.7. The van der Waals surface area contributed by atoms with Crippen LogP contribution in [0.1, 0.15) is 33.1 Å². The molecule has 0 unspecified atom stereocenters. The van der Waals surface area contributed by atoms with E-state index >= 15 is 0 Å². The van der Waals surface area contributed by atoms with Gasteiger partial charge in [-0.15, -0.1) is 0 Å². The first kappa shape index (κ1) is 20.2. The Morgan fingerprint density at radius 1 is 0.800 bits per heavy atom. The number of carbonyl (C=O) groups is 1. The SMILES string of the molecule is Cc1ccc([C@@H](c2ccccc2)N2CCN(C(=O)c3ccc(F)c(F)c3)CC2)cc1. The van der Waals surface area contributed by atoms with Gasteiger partial charge in [0.25, 0.3) is 5.91 Å². The molecule has 3 aromatic rings. The predicted octanol–water partition coefficient (Wildman–Crippen LogP) is 4.82. The van der Waals surface area contributed by atoms with Crippen molar-refractivity contribution < 1.29 is 13.6 Å². The van der Waals surface area contributed by atoms with E-state index in [-0.39, 0.29) is 17.5 Å². The van der Waals surface area contributed by atoms with E-state index in [0.29, 0.717) is 26.2 Å². The minimum Gasteiger partial charge on any atom is -0.336 e. The van der Waals surface area contributed by atoms with E-state index in [0.717, 1.165) is 12.1 Å². The van der Waals surface area contributed by atoms with Crippen LogP contribution in [-0.2, 0) is 0 Å². The third-order valence-electron chi connectivity index (χ3n) is 5.64. The molecule has 1 aliphatic rings. The van der Waals surface area contributed by atoms with Crippen molar-refractivity contribution in [3.63, 3.8) is 0 Å². The lowest BCUT2D eigenvalue weighted by Crippen LogP contribution is -2.49. The van der Waals surface area contributed by atoms with Crippen molar-refractivity contribution in [2.24, 2.45) is 0 Å². The number of carbonyl (C=O) groups excluding carboxylic acids is 1. The van der Waals surface area contributed by atoms with Crippen LogP contribution >= 0.6 is 0 Å². The Morgan fingerprint density at radius 2 is 1.43 bits per heavy atom. The number of nitrogens with zero attached hydrogens (tertiary/aromatic N) is 2. The van der Waals surface area contributed by atoms with E-state index in [4.69, 9.17) is 0 Å². The average molecular weight is 406 g/mol. The van der Waals surface area contributed by atoms with Gasteiger partial charge in [-0.1, -0.05) is 60.2 Å². The van der Waals surface area contributed by atoms with Crippen LogP contribution in [0, 0.1) is 18.6 Å². The fourth-order valence-corrected chi connectivity index (χ4v) is 3.99. The van der Waals surface area contributed by atoms with Crippen LogP contribution in [-0.4, -0.2) is 41.9 Å². The zero-order valence-electron chi connectivity index (χ0n) is 16.9. The second-order valence-corrected chi connectivity index (χ2v) is 7.68. The van der Waals surface area contributed by atoms with E-state index in [2.05, 4.69) is 48.2 Å². The molecule has 3 aromatic carbocycles. The fourth-order valence-electron chi connectivity index (χ4n) is 3.99. The fraction of sp³-hybridized carbons (Fsp3) is 0.240. The maximum absolute atomic E-state index is 13.5. The second-order valence-electron chi connectivity index (χ2n) is 7.68. The van der Waals surface area contributed by atoms with Crippen molar-refractivity contribution in [1.29, 1.82) is 0 Å². The van der Waals surface area contributed by atoms with E-state index in [1.165, 1.54) is 22.8 Å². The Labute approximate surface area is 175 Å². The van der Waals surface area contributed by atoms with Gasteiger partial charge in [-0.25, -0.2) is 8.78 Å². The highest BCUT2D eigenvalue weighted by molar-refractivity contribution is 5.94. The molecule has 0 aliphatic carbocycles. The zero-order valence-corrected chi connectivity index (χ0v) is 16.9. The third kappa shape index (κ3) is 4.26. The van der Waals surface area contributed by atoms with Crippen LogP contribution in [0.5, 0.6) is 0 Å². The maximum atomic E-state index is 13.5. The summed E-state index contributed by atoms with van der Waals surface area (Å²) in [7, 11) is 0. The predicted molar refractivity (Wildman–Crippen MR) is 113 cm³/mol. The molecule has 0 bridgehead atoms. The van der Waals surface area contributed by atoms with E-state index in [1.807, 2.05) is 18.2 Å². The zero-order chi connectivity index (χ0) is 21.1. The first-order chi connectivity index (χ1) is 14.5. The summed E-state index contributed by atoms with van der Waals surface area (Å²) in [5.74, 6) is -2.21. The molecule has 1 fully saturated rings. The van der Waals surface area contributed by atoms with Crippen LogP contribution in [0.2, 0.25) is 0 Å². The Balaban J connectivity index is 1.52. The highest BCUT2D eigenvalue weighted by Gasteiger charge is 2.28. The molecular formula is C25H24F2N2O. The standard InChI is InChI=1S/C25H24F2N2O/c1-18-7-9-20(10-8-18)24(19-5-3-2-4-6-19)28-13-15-29(16-14-28)25(30)21-11-12-22(26)23(27)17-21/h2-12,17,24H,13-16H2,1H3/t24-/m1/s1. The van der Waals surface area contributed by atoms with Crippen LogP contribution in [0.15, 0.2) is 72.8 Å². The van der Waals surface area contributed by atoms with Crippen LogP contribution < -0.4 is 0 Å². The van der Waals surface area contributed by atoms with Crippen molar-refractivity contribution in [1.82, 2.24) is 9.80 Å². The molecule has 1 amide bonds. The van der Waals surface area contributed by atoms with E-state index in [1.54, 1.807) is 4.90 Å². The number of halogens is 2. The first-order valence-electron chi connectivity index (χ1n) is 10.1. The molecule has 1 heterocycles. The summed E-state index contributed by atoms with van der Waals surface area (Å²) in [5, 5.41) is 0. The molecule has 0 spiro atoms. The van der Waals surface area contributed by atoms with Crippen LogP contribution in [0.4, 0.5) is 8.78 Å². The van der Waals surface area contributed by atoms with Crippen molar-refractivity contribution in [2.45, 2.75) is 13.0 Å². The van der Waals surface area contributed by atoms with Crippen LogP contribution in [0.25, 0.3) is 0 Å². The topological polar surface area (TPSA) is 23.6 Å². The van der Waals surface area contributed by atoms with Gasteiger partial charge in [0.05, 0.1) is 6.04 Å². The quantitative estimate of drug-likeness (QED) is 0.620. The van der Waals surface area contributed by atoms with Crippen molar-refractivity contribution in [3.8, 4) is 0 Å². The van der Waals surface area contributed by atoms with Gasteiger partial charge in [0, 0.05) is 31.7 Å². The highest BCUT2D eigenvalue weighted by Crippen LogP contribution is 2.30. The minimum absolute atomic E-state index is 0.104. The number of piperazine rings is 1. The van der Waals surface area contributed by atoms with Gasteiger partial charge in [0.1, 0.15) is 0 Å². The number of hydrogen-bond acceptors (Lipinski definition) is 2. The molecule has 30 heavy (non-hydrogen) atoms. The van der Waals surface area contributed by atoms with Crippen molar-refractivity contribution >= 4 is 5.91 Å². The smallest absolute Gasteiger partial charge is 0.254 e. The van der Waals surface area contributed by atoms with Gasteiger partial charge in [-0.05, 0) is 36.2 Å². The number of aryl methyl sites for hydroxylation is 1. The Bertz CT molecular complexity index is 1010. The third-order valence-corrected chi connectivity index (χ3v) is 5.64. The number of amides is 1. The van der Waals surface area contributed by atoms with Gasteiger partial charge in [0.2, 0.25) is 0 Å². The largest absolute Gasteiger partial charge is 0.336 e. The molecule has 1 aliphatic heterocycles. The first-order valence-corrected chi connectivity index (χ1v) is 10.1. The summed E-state index contributed by atoms with van der Waals surface area (Å²) in [6, 6.07) is 22.3. The lowest BCUT2D eigenvalue weighted by atomic mass is 9.95. The molecule has 5 heteroatoms. The number of rotatable bonds is 4. The summed E-state index contributed by atoms with van der Waals surface area (Å²) in [6.07, 6.45) is 0. The monoisotopic (exact) mass is 406 g/mol. The summed E-state index contributed by atoms with van der Waals surface area (Å²) in [5.41, 5.74) is 3.82. The molecule has 1 saturated heterocycles. The Kier molecular flexibility index (Phi) is 5.91. The molecule has 0 N–H and O–H groups in total. The molecule has 1 atom stereocenters. The summed E-state index contributed by atoms with van der Waals surface area (Å²) in [6.45, 7) is 4.54. The molecule has 0 radical (unpaired) electrons. The summed E-state index contributed by atoms with van der Waals surface area (Å²) >= 11 is 0. The Morgan fingerprint density at radius 3 is 2.07 bits per heavy atom. The molecule has 154 valence electrons. The highest BCUT2D eigenvalue weighted by atomic mass is 19.2. The molecule has 0 aromatic heterocycles.